The van der Waals surface area contributed by atoms with Crippen LogP contribution in [0.25, 0.3) is 0 Å². The standard InChI is InChI=1S/C22H21N3O4S/c1-23-22(27)19-13-6-7-14-20(19)24-21(26)16-9-8-12-18(15-16)30(28,29)25(2)17-10-4-3-5-11-17/h3-15H,1-2H3,(H,23,27)(H,24,26). The largest absolute Gasteiger partial charge is 0.355 e. The molecule has 0 aromatic heterocycles. The fourth-order valence-electron chi connectivity index (χ4n) is 2.85. The average molecular weight is 423 g/mol. The van der Waals surface area contributed by atoms with Gasteiger partial charge in [0.15, 0.2) is 0 Å². The van der Waals surface area contributed by atoms with Crippen molar-refractivity contribution >= 4 is 33.2 Å². The third-order valence-corrected chi connectivity index (χ3v) is 6.30. The van der Waals surface area contributed by atoms with E-state index in [0.29, 0.717) is 16.9 Å². The number of nitrogens with one attached hydrogen (secondary N) is 2. The number of para-hydroxylation sites is 2. The van der Waals surface area contributed by atoms with Gasteiger partial charge in [-0.05, 0) is 42.5 Å². The molecule has 3 aromatic rings. The minimum Gasteiger partial charge on any atom is -0.355 e. The lowest BCUT2D eigenvalue weighted by Gasteiger charge is -2.19. The first-order valence-corrected chi connectivity index (χ1v) is 10.5. The van der Waals surface area contributed by atoms with Gasteiger partial charge in [0.05, 0.1) is 21.8 Å². The van der Waals surface area contributed by atoms with Crippen molar-refractivity contribution in [1.29, 1.82) is 0 Å². The Hall–Kier alpha value is -3.65. The molecule has 0 heterocycles. The highest BCUT2D eigenvalue weighted by molar-refractivity contribution is 7.92. The number of amides is 2. The van der Waals surface area contributed by atoms with E-state index < -0.39 is 15.9 Å². The molecule has 0 spiro atoms. The van der Waals surface area contributed by atoms with Gasteiger partial charge in [0.2, 0.25) is 0 Å². The molecule has 2 amide bonds. The number of hydrogen-bond donors (Lipinski definition) is 2. The van der Waals surface area contributed by atoms with E-state index in [4.69, 9.17) is 0 Å². The number of carbonyl (C=O) groups excluding carboxylic acids is 2. The molecule has 0 saturated carbocycles. The monoisotopic (exact) mass is 423 g/mol. The minimum absolute atomic E-state index is 0.0129. The summed E-state index contributed by atoms with van der Waals surface area (Å²) in [4.78, 5) is 24.7. The zero-order valence-electron chi connectivity index (χ0n) is 16.5. The topological polar surface area (TPSA) is 95.6 Å². The first-order chi connectivity index (χ1) is 14.3. The molecule has 0 saturated heterocycles. The van der Waals surface area contributed by atoms with Gasteiger partial charge in [0.25, 0.3) is 21.8 Å². The van der Waals surface area contributed by atoms with Crippen molar-refractivity contribution in [3.05, 3.63) is 90.0 Å². The van der Waals surface area contributed by atoms with Gasteiger partial charge in [-0.25, -0.2) is 8.42 Å². The van der Waals surface area contributed by atoms with E-state index in [2.05, 4.69) is 10.6 Å². The third kappa shape index (κ3) is 4.33. The molecule has 0 aliphatic heterocycles. The highest BCUT2D eigenvalue weighted by Crippen LogP contribution is 2.23. The normalized spacial score (nSPS) is 10.9. The van der Waals surface area contributed by atoms with Gasteiger partial charge < -0.3 is 10.6 Å². The minimum atomic E-state index is -3.86. The summed E-state index contributed by atoms with van der Waals surface area (Å²) in [5.74, 6) is -0.863. The second-order valence-electron chi connectivity index (χ2n) is 6.41. The second-order valence-corrected chi connectivity index (χ2v) is 8.38. The summed E-state index contributed by atoms with van der Waals surface area (Å²) in [5.41, 5.74) is 1.30. The average Bonchev–Trinajstić information content (AvgIpc) is 2.79. The van der Waals surface area contributed by atoms with Gasteiger partial charge in [0, 0.05) is 19.7 Å². The number of nitrogens with zero attached hydrogens (tertiary/aromatic N) is 1. The van der Waals surface area contributed by atoms with E-state index in [1.54, 1.807) is 54.6 Å². The summed E-state index contributed by atoms with van der Waals surface area (Å²) in [6, 6.07) is 21.0. The molecule has 2 N–H and O–H groups in total. The molecule has 0 fully saturated rings. The lowest BCUT2D eigenvalue weighted by molar-refractivity contribution is 0.0964. The van der Waals surface area contributed by atoms with Crippen LogP contribution in [0.5, 0.6) is 0 Å². The van der Waals surface area contributed by atoms with Crippen molar-refractivity contribution in [2.45, 2.75) is 4.90 Å². The van der Waals surface area contributed by atoms with Crippen LogP contribution in [0.3, 0.4) is 0 Å². The molecular formula is C22H21N3O4S. The van der Waals surface area contributed by atoms with Gasteiger partial charge in [-0.2, -0.15) is 0 Å². The van der Waals surface area contributed by atoms with Gasteiger partial charge >= 0.3 is 0 Å². The van der Waals surface area contributed by atoms with Crippen molar-refractivity contribution in [3.8, 4) is 0 Å². The molecule has 154 valence electrons. The predicted octanol–water partition coefficient (Wildman–Crippen LogP) is 3.12. The van der Waals surface area contributed by atoms with Crippen LogP contribution in [0.2, 0.25) is 0 Å². The van der Waals surface area contributed by atoms with Gasteiger partial charge in [-0.15, -0.1) is 0 Å². The fourth-order valence-corrected chi connectivity index (χ4v) is 4.09. The van der Waals surface area contributed by atoms with E-state index in [9.17, 15) is 18.0 Å². The molecule has 0 radical (unpaired) electrons. The Bertz CT molecular complexity index is 1180. The summed E-state index contributed by atoms with van der Waals surface area (Å²) in [6.45, 7) is 0. The molecule has 0 aliphatic carbocycles. The maximum Gasteiger partial charge on any atom is 0.264 e. The number of rotatable bonds is 6. The molecule has 8 heteroatoms. The zero-order valence-corrected chi connectivity index (χ0v) is 17.3. The Balaban J connectivity index is 1.89. The van der Waals surface area contributed by atoms with Crippen molar-refractivity contribution in [2.24, 2.45) is 0 Å². The molecule has 30 heavy (non-hydrogen) atoms. The number of benzene rings is 3. The maximum atomic E-state index is 13.0. The molecular weight excluding hydrogens is 402 g/mol. The highest BCUT2D eigenvalue weighted by atomic mass is 32.2. The van der Waals surface area contributed by atoms with Crippen molar-refractivity contribution in [3.63, 3.8) is 0 Å². The van der Waals surface area contributed by atoms with Gasteiger partial charge in [0.1, 0.15) is 0 Å². The smallest absolute Gasteiger partial charge is 0.264 e. The van der Waals surface area contributed by atoms with Gasteiger partial charge in [-0.1, -0.05) is 36.4 Å². The van der Waals surface area contributed by atoms with Crippen LogP contribution in [0.4, 0.5) is 11.4 Å². The van der Waals surface area contributed by atoms with Crippen LogP contribution in [0.15, 0.2) is 83.8 Å². The van der Waals surface area contributed by atoms with Gasteiger partial charge in [-0.3, -0.25) is 13.9 Å². The van der Waals surface area contributed by atoms with Crippen molar-refractivity contribution in [1.82, 2.24) is 5.32 Å². The molecule has 3 rings (SSSR count). The number of carbonyl (C=O) groups is 2. The lowest BCUT2D eigenvalue weighted by atomic mass is 10.1. The van der Waals surface area contributed by atoms with Crippen molar-refractivity contribution in [2.75, 3.05) is 23.7 Å². The Kier molecular flexibility index (Phi) is 6.17. The summed E-state index contributed by atoms with van der Waals surface area (Å²) in [5, 5.41) is 5.19. The first-order valence-electron chi connectivity index (χ1n) is 9.11. The Labute approximate surface area is 175 Å². The van der Waals surface area contributed by atoms with Crippen LogP contribution < -0.4 is 14.9 Å². The van der Waals surface area contributed by atoms with E-state index >= 15 is 0 Å². The maximum absolute atomic E-state index is 13.0. The van der Waals surface area contributed by atoms with Crippen molar-refractivity contribution < 1.29 is 18.0 Å². The SMILES string of the molecule is CNC(=O)c1ccccc1NC(=O)c1cccc(S(=O)(=O)N(C)c2ccccc2)c1. The van der Waals surface area contributed by atoms with Crippen LogP contribution in [0, 0.1) is 0 Å². The number of anilines is 2. The van der Waals surface area contributed by atoms with E-state index in [1.165, 1.54) is 38.4 Å². The molecule has 0 atom stereocenters. The summed E-state index contributed by atoms with van der Waals surface area (Å²) in [6.07, 6.45) is 0. The third-order valence-electron chi connectivity index (χ3n) is 4.52. The summed E-state index contributed by atoms with van der Waals surface area (Å²) < 4.78 is 27.1. The summed E-state index contributed by atoms with van der Waals surface area (Å²) >= 11 is 0. The van der Waals surface area contributed by atoms with E-state index in [0.717, 1.165) is 4.31 Å². The molecule has 0 bridgehead atoms. The fraction of sp³-hybridized carbons (Fsp3) is 0.0909. The van der Waals surface area contributed by atoms with Crippen LogP contribution >= 0.6 is 0 Å². The van der Waals surface area contributed by atoms with E-state index in [1.807, 2.05) is 0 Å². The second kappa shape index (κ2) is 8.79. The predicted molar refractivity (Wildman–Crippen MR) is 116 cm³/mol. The Morgan fingerprint density at radius 1 is 0.833 bits per heavy atom. The van der Waals surface area contributed by atoms with Crippen LogP contribution in [-0.2, 0) is 10.0 Å². The first kappa shape index (κ1) is 21.1. The quantitative estimate of drug-likeness (QED) is 0.637. The summed E-state index contributed by atoms with van der Waals surface area (Å²) in [7, 11) is -0.903. The van der Waals surface area contributed by atoms with Crippen LogP contribution in [0.1, 0.15) is 20.7 Å². The Morgan fingerprint density at radius 3 is 2.20 bits per heavy atom. The number of hydrogen-bond acceptors (Lipinski definition) is 4. The van der Waals surface area contributed by atoms with E-state index in [-0.39, 0.29) is 16.4 Å². The molecule has 3 aromatic carbocycles. The molecule has 7 nitrogen and oxygen atoms in total. The zero-order chi connectivity index (χ0) is 21.7. The lowest BCUT2D eigenvalue weighted by Crippen LogP contribution is -2.27. The molecule has 0 unspecified atom stereocenters. The molecule has 0 aliphatic rings. The highest BCUT2D eigenvalue weighted by Gasteiger charge is 2.22. The number of sulfonamides is 1. The Morgan fingerprint density at radius 2 is 1.50 bits per heavy atom. The van der Waals surface area contributed by atoms with Crippen LogP contribution in [-0.4, -0.2) is 34.3 Å².